The van der Waals surface area contributed by atoms with Gasteiger partial charge in [0.2, 0.25) is 0 Å². The fourth-order valence-corrected chi connectivity index (χ4v) is 4.50. The van der Waals surface area contributed by atoms with E-state index in [1.807, 2.05) is 0 Å². The summed E-state index contributed by atoms with van der Waals surface area (Å²) in [5, 5.41) is 0. The number of aryl methyl sites for hydroxylation is 1. The Bertz CT molecular complexity index is 907. The first kappa shape index (κ1) is 20.9. The number of fused-ring (bicyclic) bond motifs is 1. The lowest BCUT2D eigenvalue weighted by molar-refractivity contribution is 0.239. The molecular weight excluding hydrogens is 376 g/mol. The molecule has 0 N–H and O–H groups in total. The predicted octanol–water partition coefficient (Wildman–Crippen LogP) is 4.08. The molecule has 0 saturated carbocycles. The number of benzene rings is 1. The number of hydrogen-bond acceptors (Lipinski definition) is 6. The zero-order valence-electron chi connectivity index (χ0n) is 19.0. The van der Waals surface area contributed by atoms with Gasteiger partial charge in [-0.3, -0.25) is 4.90 Å². The van der Waals surface area contributed by atoms with Crippen LogP contribution in [-0.4, -0.2) is 48.7 Å². The third-order valence-corrected chi connectivity index (χ3v) is 6.30. The lowest BCUT2D eigenvalue weighted by Gasteiger charge is -2.32. The van der Waals surface area contributed by atoms with Crippen molar-refractivity contribution in [2.24, 2.45) is 0 Å². The van der Waals surface area contributed by atoms with Gasteiger partial charge in [-0.05, 0) is 49.4 Å². The summed E-state index contributed by atoms with van der Waals surface area (Å²) in [6, 6.07) is 4.18. The fourth-order valence-electron chi connectivity index (χ4n) is 4.50. The monoisotopic (exact) mass is 410 g/mol. The molecular formula is C24H34N4O2. The molecule has 1 saturated heterocycles. The Hall–Kier alpha value is -2.34. The van der Waals surface area contributed by atoms with Crippen LogP contribution < -0.4 is 14.4 Å². The van der Waals surface area contributed by atoms with Gasteiger partial charge < -0.3 is 14.4 Å². The molecule has 0 atom stereocenters. The van der Waals surface area contributed by atoms with E-state index in [-0.39, 0.29) is 0 Å². The van der Waals surface area contributed by atoms with Gasteiger partial charge in [0.15, 0.2) is 11.5 Å². The van der Waals surface area contributed by atoms with Gasteiger partial charge in [-0.25, -0.2) is 9.97 Å². The average Bonchev–Trinajstić information content (AvgIpc) is 3.28. The second-order valence-electron chi connectivity index (χ2n) is 8.77. The highest BCUT2D eigenvalue weighted by atomic mass is 16.5. The molecule has 2 aliphatic rings. The highest BCUT2D eigenvalue weighted by molar-refractivity contribution is 5.51. The van der Waals surface area contributed by atoms with Crippen LogP contribution in [0.1, 0.15) is 60.8 Å². The lowest BCUT2D eigenvalue weighted by Crippen LogP contribution is -2.34. The first-order valence-electron chi connectivity index (χ1n) is 11.1. The van der Waals surface area contributed by atoms with Crippen LogP contribution >= 0.6 is 0 Å². The zero-order valence-corrected chi connectivity index (χ0v) is 19.0. The number of aromatic nitrogens is 2. The summed E-state index contributed by atoms with van der Waals surface area (Å²) in [5.41, 5.74) is 5.07. The van der Waals surface area contributed by atoms with E-state index in [0.717, 1.165) is 56.5 Å². The first-order valence-corrected chi connectivity index (χ1v) is 11.1. The van der Waals surface area contributed by atoms with Crippen molar-refractivity contribution in [1.29, 1.82) is 0 Å². The summed E-state index contributed by atoms with van der Waals surface area (Å²) in [6.07, 6.45) is 3.53. The maximum Gasteiger partial charge on any atom is 0.161 e. The van der Waals surface area contributed by atoms with Gasteiger partial charge in [0.05, 0.1) is 19.9 Å². The summed E-state index contributed by atoms with van der Waals surface area (Å²) >= 11 is 0. The molecule has 2 aromatic rings. The highest BCUT2D eigenvalue weighted by Crippen LogP contribution is 2.33. The Morgan fingerprint density at radius 2 is 1.70 bits per heavy atom. The Labute approximate surface area is 180 Å². The van der Waals surface area contributed by atoms with Gasteiger partial charge in [-0.1, -0.05) is 13.8 Å². The maximum absolute atomic E-state index is 5.52. The molecule has 0 unspecified atom stereocenters. The number of rotatable bonds is 6. The molecule has 0 spiro atoms. The largest absolute Gasteiger partial charge is 0.493 e. The van der Waals surface area contributed by atoms with Crippen LogP contribution in [0.25, 0.3) is 0 Å². The number of methoxy groups -OCH3 is 2. The normalized spacial score (nSPS) is 16.8. The summed E-state index contributed by atoms with van der Waals surface area (Å²) in [7, 11) is 3.38. The van der Waals surface area contributed by atoms with Crippen molar-refractivity contribution < 1.29 is 9.47 Å². The Morgan fingerprint density at radius 3 is 2.37 bits per heavy atom. The smallest absolute Gasteiger partial charge is 0.161 e. The molecule has 0 bridgehead atoms. The molecule has 6 heteroatoms. The van der Waals surface area contributed by atoms with E-state index in [4.69, 9.17) is 19.4 Å². The van der Waals surface area contributed by atoms with Gasteiger partial charge in [0.1, 0.15) is 11.6 Å². The minimum Gasteiger partial charge on any atom is -0.493 e. The van der Waals surface area contributed by atoms with E-state index in [0.29, 0.717) is 5.92 Å². The molecule has 0 amide bonds. The van der Waals surface area contributed by atoms with E-state index < -0.39 is 0 Å². The van der Waals surface area contributed by atoms with Crippen LogP contribution in [-0.2, 0) is 19.5 Å². The summed E-state index contributed by atoms with van der Waals surface area (Å²) in [5.74, 6) is 4.08. The Balaban J connectivity index is 1.60. The van der Waals surface area contributed by atoms with Crippen LogP contribution in [0.15, 0.2) is 12.1 Å². The number of nitrogens with zero attached hydrogens (tertiary/aromatic N) is 4. The van der Waals surface area contributed by atoms with Gasteiger partial charge in [-0.15, -0.1) is 0 Å². The van der Waals surface area contributed by atoms with Crippen molar-refractivity contribution >= 4 is 5.82 Å². The van der Waals surface area contributed by atoms with Gasteiger partial charge in [-0.2, -0.15) is 0 Å². The van der Waals surface area contributed by atoms with Crippen LogP contribution in [0.5, 0.6) is 11.5 Å². The SMILES string of the molecule is COc1cc(C)c(CN2CCc3c(nc(C(C)C)nc3N3CCCC3)C2)cc1OC. The predicted molar refractivity (Wildman–Crippen MR) is 120 cm³/mol. The van der Waals surface area contributed by atoms with Crippen LogP contribution in [0.2, 0.25) is 0 Å². The molecule has 1 aromatic heterocycles. The number of ether oxygens (including phenoxy) is 2. The first-order chi connectivity index (χ1) is 14.5. The van der Waals surface area contributed by atoms with Crippen molar-refractivity contribution in [3.05, 3.63) is 40.3 Å². The minimum atomic E-state index is 0.333. The minimum absolute atomic E-state index is 0.333. The second-order valence-corrected chi connectivity index (χ2v) is 8.77. The van der Waals surface area contributed by atoms with E-state index in [1.165, 1.54) is 41.0 Å². The molecule has 30 heavy (non-hydrogen) atoms. The van der Waals surface area contributed by atoms with E-state index in [2.05, 4.69) is 42.7 Å². The Morgan fingerprint density at radius 1 is 1.00 bits per heavy atom. The molecule has 2 aliphatic heterocycles. The summed E-state index contributed by atoms with van der Waals surface area (Å²) in [4.78, 5) is 15.0. The van der Waals surface area contributed by atoms with Crippen molar-refractivity contribution in [2.75, 3.05) is 38.8 Å². The van der Waals surface area contributed by atoms with Crippen LogP contribution in [0.4, 0.5) is 5.82 Å². The Kier molecular flexibility index (Phi) is 6.14. The number of anilines is 1. The molecule has 4 rings (SSSR count). The molecule has 6 nitrogen and oxygen atoms in total. The molecule has 1 aromatic carbocycles. The van der Waals surface area contributed by atoms with Crippen molar-refractivity contribution in [3.8, 4) is 11.5 Å². The molecule has 1 fully saturated rings. The topological polar surface area (TPSA) is 50.7 Å². The van der Waals surface area contributed by atoms with Crippen LogP contribution in [0, 0.1) is 6.92 Å². The third kappa shape index (κ3) is 4.10. The van der Waals surface area contributed by atoms with E-state index in [1.54, 1.807) is 14.2 Å². The highest BCUT2D eigenvalue weighted by Gasteiger charge is 2.27. The maximum atomic E-state index is 5.52. The number of hydrogen-bond donors (Lipinski definition) is 0. The summed E-state index contributed by atoms with van der Waals surface area (Å²) in [6.45, 7) is 11.5. The second kappa shape index (κ2) is 8.80. The van der Waals surface area contributed by atoms with E-state index >= 15 is 0 Å². The zero-order chi connectivity index (χ0) is 21.3. The van der Waals surface area contributed by atoms with Gasteiger partial charge >= 0.3 is 0 Å². The molecule has 3 heterocycles. The molecule has 0 radical (unpaired) electrons. The third-order valence-electron chi connectivity index (χ3n) is 6.30. The quantitative estimate of drug-likeness (QED) is 0.715. The molecule has 162 valence electrons. The van der Waals surface area contributed by atoms with Gasteiger partial charge in [0.25, 0.3) is 0 Å². The van der Waals surface area contributed by atoms with Crippen molar-refractivity contribution in [3.63, 3.8) is 0 Å². The van der Waals surface area contributed by atoms with Crippen LogP contribution in [0.3, 0.4) is 0 Å². The fraction of sp³-hybridized carbons (Fsp3) is 0.583. The van der Waals surface area contributed by atoms with Crippen molar-refractivity contribution in [2.45, 2.75) is 59.0 Å². The summed E-state index contributed by atoms with van der Waals surface area (Å²) < 4.78 is 11.0. The van der Waals surface area contributed by atoms with Crippen molar-refractivity contribution in [1.82, 2.24) is 14.9 Å². The standard InChI is InChI=1S/C24H34N4O2/c1-16(2)23-25-20-15-27(11-8-19(20)24(26-23)28-9-6-7-10-28)14-18-13-22(30-5)21(29-4)12-17(18)3/h12-13,16H,6-11,14-15H2,1-5H3. The lowest BCUT2D eigenvalue weighted by atomic mass is 10.0. The van der Waals surface area contributed by atoms with Gasteiger partial charge in [0, 0.05) is 44.2 Å². The van der Waals surface area contributed by atoms with E-state index in [9.17, 15) is 0 Å². The molecule has 0 aliphatic carbocycles. The average molecular weight is 411 g/mol.